The van der Waals surface area contributed by atoms with Crippen molar-refractivity contribution in [3.8, 4) is 0 Å². The fourth-order valence-corrected chi connectivity index (χ4v) is 9.03. The summed E-state index contributed by atoms with van der Waals surface area (Å²) in [6, 6.07) is 17.8. The van der Waals surface area contributed by atoms with Gasteiger partial charge in [0.15, 0.2) is 0 Å². The van der Waals surface area contributed by atoms with Gasteiger partial charge < -0.3 is 19.8 Å². The summed E-state index contributed by atoms with van der Waals surface area (Å²) in [5.41, 5.74) is 1.81. The molecule has 41 heavy (non-hydrogen) atoms. The Kier molecular flexibility index (Phi) is 7.79. The molecule has 2 aromatic carbocycles. The van der Waals surface area contributed by atoms with Crippen LogP contribution in [0.15, 0.2) is 85.0 Å². The Labute approximate surface area is 245 Å². The molecular formula is C33H37N3O4S. The van der Waals surface area contributed by atoms with Gasteiger partial charge in [0.1, 0.15) is 6.04 Å². The minimum atomic E-state index is -0.900. The Morgan fingerprint density at radius 1 is 0.927 bits per heavy atom. The van der Waals surface area contributed by atoms with Crippen molar-refractivity contribution in [1.29, 1.82) is 0 Å². The van der Waals surface area contributed by atoms with Gasteiger partial charge in [0.05, 0.1) is 29.2 Å². The second-order valence-corrected chi connectivity index (χ2v) is 12.9. The predicted molar refractivity (Wildman–Crippen MR) is 160 cm³/mol. The highest BCUT2D eigenvalue weighted by Crippen LogP contribution is 2.62. The van der Waals surface area contributed by atoms with E-state index in [1.807, 2.05) is 88.7 Å². The van der Waals surface area contributed by atoms with Crippen molar-refractivity contribution in [3.63, 3.8) is 0 Å². The lowest BCUT2D eigenvalue weighted by atomic mass is 9.78. The molecule has 4 heterocycles. The van der Waals surface area contributed by atoms with E-state index in [0.29, 0.717) is 26.2 Å². The highest BCUT2D eigenvalue weighted by Gasteiger charge is 2.71. The summed E-state index contributed by atoms with van der Waals surface area (Å²) in [6.07, 6.45) is 9.98. The topological polar surface area (TPSA) is 81.2 Å². The van der Waals surface area contributed by atoms with E-state index < -0.39 is 28.7 Å². The van der Waals surface area contributed by atoms with Crippen LogP contribution in [-0.2, 0) is 20.9 Å². The van der Waals surface area contributed by atoms with Crippen molar-refractivity contribution in [2.75, 3.05) is 26.2 Å². The molecular weight excluding hydrogens is 534 g/mol. The van der Waals surface area contributed by atoms with Crippen LogP contribution >= 0.6 is 11.8 Å². The Morgan fingerprint density at radius 2 is 1.63 bits per heavy atom. The van der Waals surface area contributed by atoms with E-state index in [9.17, 15) is 19.5 Å². The van der Waals surface area contributed by atoms with Gasteiger partial charge in [-0.3, -0.25) is 14.4 Å². The minimum absolute atomic E-state index is 0.0552. The zero-order valence-electron chi connectivity index (χ0n) is 23.3. The molecule has 1 spiro atoms. The Morgan fingerprint density at radius 3 is 2.34 bits per heavy atom. The third-order valence-corrected chi connectivity index (χ3v) is 10.7. The second-order valence-electron chi connectivity index (χ2n) is 11.4. The number of fused-ring (bicyclic) bond motifs is 2. The largest absolute Gasteiger partial charge is 0.394 e. The van der Waals surface area contributed by atoms with Crippen LogP contribution in [0.1, 0.15) is 36.9 Å². The molecule has 4 aliphatic heterocycles. The number of rotatable bonds is 8. The minimum Gasteiger partial charge on any atom is -0.394 e. The summed E-state index contributed by atoms with van der Waals surface area (Å²) in [5, 5.41) is 10.5. The normalized spacial score (nSPS) is 29.7. The Balaban J connectivity index is 1.43. The van der Waals surface area contributed by atoms with Crippen molar-refractivity contribution in [2.24, 2.45) is 11.8 Å². The number of carbonyl (C=O) groups is 3. The first-order valence-electron chi connectivity index (χ1n) is 14.6. The summed E-state index contributed by atoms with van der Waals surface area (Å²) in [5.74, 6) is -1.69. The van der Waals surface area contributed by atoms with Crippen LogP contribution < -0.4 is 0 Å². The van der Waals surface area contributed by atoms with E-state index >= 15 is 0 Å². The first kappa shape index (κ1) is 27.8. The molecule has 3 amide bonds. The number of unbranched alkanes of at least 4 members (excludes halogenated alkanes) is 1. The SMILES string of the molecule is CCCCN1CC=C[C@]23S[C@@H]4C=CCN(Cc5ccccc5)C(=O)[C@@H]4[C@H]2C(=O)N([C@H](CO)c2ccccc2)C3C1=O. The fourth-order valence-electron chi connectivity index (χ4n) is 7.04. The van der Waals surface area contributed by atoms with E-state index in [1.54, 1.807) is 16.7 Å². The van der Waals surface area contributed by atoms with Gasteiger partial charge in [0.25, 0.3) is 0 Å². The molecule has 6 atom stereocenters. The third kappa shape index (κ3) is 4.71. The first-order valence-corrected chi connectivity index (χ1v) is 15.5. The molecule has 214 valence electrons. The number of thioether (sulfide) groups is 1. The zero-order chi connectivity index (χ0) is 28.6. The van der Waals surface area contributed by atoms with Crippen molar-refractivity contribution in [3.05, 3.63) is 96.1 Å². The van der Waals surface area contributed by atoms with Gasteiger partial charge in [-0.15, -0.1) is 11.8 Å². The van der Waals surface area contributed by atoms with E-state index in [2.05, 4.69) is 13.0 Å². The predicted octanol–water partition coefficient (Wildman–Crippen LogP) is 3.81. The molecule has 1 unspecified atom stereocenters. The molecule has 2 aromatic rings. The maximum Gasteiger partial charge on any atom is 0.247 e. The zero-order valence-corrected chi connectivity index (χ0v) is 24.2. The summed E-state index contributed by atoms with van der Waals surface area (Å²) in [4.78, 5) is 48.7. The highest BCUT2D eigenvalue weighted by molar-refractivity contribution is 8.02. The first-order chi connectivity index (χ1) is 20.0. The van der Waals surface area contributed by atoms with Crippen molar-refractivity contribution < 1.29 is 19.5 Å². The van der Waals surface area contributed by atoms with Crippen LogP contribution in [0.2, 0.25) is 0 Å². The number of hydrogen-bond acceptors (Lipinski definition) is 5. The number of amides is 3. The van der Waals surface area contributed by atoms with Gasteiger partial charge in [-0.2, -0.15) is 0 Å². The van der Waals surface area contributed by atoms with Crippen LogP contribution in [0, 0.1) is 11.8 Å². The number of nitrogens with zero attached hydrogens (tertiary/aromatic N) is 3. The average molecular weight is 572 g/mol. The lowest BCUT2D eigenvalue weighted by Crippen LogP contribution is -2.54. The van der Waals surface area contributed by atoms with E-state index in [1.165, 1.54) is 0 Å². The third-order valence-electron chi connectivity index (χ3n) is 8.95. The standard InChI is InChI=1S/C33H37N3O4S/c1-2-3-18-34-20-11-17-33-28(31(39)36(29(33)32(34)40)25(22-37)24-14-8-5-9-15-24)27-26(41-33)16-10-19-35(30(27)38)21-23-12-6-4-7-13-23/h4-17,25-29,37H,2-3,18-22H2,1H3/t25-,26-,27+,28+,29?,33+/m1/s1. The highest BCUT2D eigenvalue weighted by atomic mass is 32.2. The number of aliphatic hydroxyl groups is 1. The number of aliphatic hydroxyl groups excluding tert-OH is 1. The molecule has 4 aliphatic rings. The molecule has 6 rings (SSSR count). The lowest BCUT2D eigenvalue weighted by Gasteiger charge is -2.38. The van der Waals surface area contributed by atoms with E-state index in [4.69, 9.17) is 0 Å². The van der Waals surface area contributed by atoms with Crippen LogP contribution in [-0.4, -0.2) is 79.8 Å². The number of benzene rings is 2. The van der Waals surface area contributed by atoms with Gasteiger partial charge >= 0.3 is 0 Å². The summed E-state index contributed by atoms with van der Waals surface area (Å²) in [7, 11) is 0. The van der Waals surface area contributed by atoms with Crippen LogP contribution in [0.4, 0.5) is 0 Å². The van der Waals surface area contributed by atoms with Crippen molar-refractivity contribution >= 4 is 29.5 Å². The molecule has 0 saturated carbocycles. The molecule has 0 radical (unpaired) electrons. The molecule has 0 aliphatic carbocycles. The lowest BCUT2D eigenvalue weighted by molar-refractivity contribution is -0.147. The molecule has 2 fully saturated rings. The Bertz CT molecular complexity index is 1350. The molecule has 1 N–H and O–H groups in total. The van der Waals surface area contributed by atoms with Crippen LogP contribution in [0.3, 0.4) is 0 Å². The molecule has 2 saturated heterocycles. The number of carbonyl (C=O) groups excluding carboxylic acids is 3. The van der Waals surface area contributed by atoms with Gasteiger partial charge in [-0.25, -0.2) is 0 Å². The Hall–Kier alpha value is -3.36. The smallest absolute Gasteiger partial charge is 0.247 e. The van der Waals surface area contributed by atoms with E-state index in [-0.39, 0.29) is 29.6 Å². The van der Waals surface area contributed by atoms with Crippen molar-refractivity contribution in [2.45, 2.75) is 48.4 Å². The summed E-state index contributed by atoms with van der Waals surface area (Å²) in [6.45, 7) is 3.80. The molecule has 0 aromatic heterocycles. The summed E-state index contributed by atoms with van der Waals surface area (Å²) >= 11 is 1.58. The van der Waals surface area contributed by atoms with Crippen LogP contribution in [0.5, 0.6) is 0 Å². The van der Waals surface area contributed by atoms with Gasteiger partial charge in [0.2, 0.25) is 17.7 Å². The number of hydrogen-bond donors (Lipinski definition) is 1. The second kappa shape index (κ2) is 11.5. The van der Waals surface area contributed by atoms with Gasteiger partial charge in [-0.1, -0.05) is 98.3 Å². The average Bonchev–Trinajstić information content (AvgIpc) is 3.32. The summed E-state index contributed by atoms with van der Waals surface area (Å²) < 4.78 is -0.900. The van der Waals surface area contributed by atoms with Gasteiger partial charge in [-0.05, 0) is 17.5 Å². The maximum absolute atomic E-state index is 14.7. The van der Waals surface area contributed by atoms with Gasteiger partial charge in [0, 0.05) is 31.4 Å². The monoisotopic (exact) mass is 571 g/mol. The fraction of sp³-hybridized carbons (Fsp3) is 0.424. The van der Waals surface area contributed by atoms with E-state index in [0.717, 1.165) is 24.0 Å². The maximum atomic E-state index is 14.7. The quantitative estimate of drug-likeness (QED) is 0.488. The number of likely N-dealkylation sites (tertiary alicyclic amines) is 1. The molecule has 8 heteroatoms. The van der Waals surface area contributed by atoms with Crippen LogP contribution in [0.25, 0.3) is 0 Å². The van der Waals surface area contributed by atoms with Crippen molar-refractivity contribution in [1.82, 2.24) is 14.7 Å². The molecule has 7 nitrogen and oxygen atoms in total. The molecule has 0 bridgehead atoms.